The zero-order chi connectivity index (χ0) is 12.4. The second kappa shape index (κ2) is 5.48. The highest BCUT2D eigenvalue weighted by atomic mass is 16.5. The summed E-state index contributed by atoms with van der Waals surface area (Å²) in [7, 11) is 0. The van der Waals surface area contributed by atoms with Crippen LogP contribution < -0.4 is 5.32 Å². The molecule has 0 aromatic carbocycles. The van der Waals surface area contributed by atoms with Crippen molar-refractivity contribution in [2.75, 3.05) is 26.2 Å². The molecule has 2 atom stereocenters. The molecule has 1 N–H and O–H groups in total. The van der Waals surface area contributed by atoms with Gasteiger partial charge in [0, 0.05) is 32.2 Å². The van der Waals surface area contributed by atoms with Gasteiger partial charge in [0.05, 0.1) is 11.7 Å². The molecule has 3 aliphatic rings. The van der Waals surface area contributed by atoms with Gasteiger partial charge in [-0.3, -0.25) is 4.90 Å². The number of ether oxygens (including phenoxy) is 1. The van der Waals surface area contributed by atoms with Gasteiger partial charge in [0.2, 0.25) is 0 Å². The molecule has 2 aliphatic heterocycles. The molecule has 1 unspecified atom stereocenters. The molecule has 3 nitrogen and oxygen atoms in total. The highest BCUT2D eigenvalue weighted by Crippen LogP contribution is 2.42. The van der Waals surface area contributed by atoms with Crippen LogP contribution in [0.4, 0.5) is 0 Å². The Morgan fingerprint density at radius 1 is 1.22 bits per heavy atom. The molecule has 0 aromatic rings. The summed E-state index contributed by atoms with van der Waals surface area (Å²) in [4.78, 5) is 2.59. The normalized spacial score (nSPS) is 37.2. The van der Waals surface area contributed by atoms with Crippen molar-refractivity contribution in [3.05, 3.63) is 0 Å². The Kier molecular flexibility index (Phi) is 3.92. The second-order valence-electron chi connectivity index (χ2n) is 6.64. The fourth-order valence-electron chi connectivity index (χ4n) is 4.05. The van der Waals surface area contributed by atoms with Crippen molar-refractivity contribution in [1.29, 1.82) is 0 Å². The van der Waals surface area contributed by atoms with Gasteiger partial charge in [-0.2, -0.15) is 0 Å². The number of nitrogens with zero attached hydrogens (tertiary/aromatic N) is 1. The van der Waals surface area contributed by atoms with E-state index >= 15 is 0 Å². The van der Waals surface area contributed by atoms with E-state index in [2.05, 4.69) is 17.1 Å². The van der Waals surface area contributed by atoms with Gasteiger partial charge >= 0.3 is 0 Å². The van der Waals surface area contributed by atoms with Crippen molar-refractivity contribution >= 4 is 0 Å². The van der Waals surface area contributed by atoms with Gasteiger partial charge in [-0.05, 0) is 32.6 Å². The number of hydrogen-bond donors (Lipinski definition) is 1. The van der Waals surface area contributed by atoms with E-state index in [0.29, 0.717) is 17.7 Å². The summed E-state index contributed by atoms with van der Waals surface area (Å²) < 4.78 is 6.47. The van der Waals surface area contributed by atoms with Gasteiger partial charge in [-0.15, -0.1) is 0 Å². The van der Waals surface area contributed by atoms with Crippen molar-refractivity contribution < 1.29 is 4.74 Å². The lowest BCUT2D eigenvalue weighted by Gasteiger charge is -2.36. The molecule has 18 heavy (non-hydrogen) atoms. The molecule has 1 aliphatic carbocycles. The van der Waals surface area contributed by atoms with E-state index in [0.717, 1.165) is 13.1 Å². The minimum Gasteiger partial charge on any atom is -0.370 e. The van der Waals surface area contributed by atoms with Gasteiger partial charge in [0.25, 0.3) is 0 Å². The standard InChI is InChI=1S/C15H28N2O/c1-13-11-17(10-9-16-13)12-14-5-8-15(18-14)6-3-2-4-7-15/h13-14,16H,2-12H2,1H3/t13-,14?/m0/s1. The van der Waals surface area contributed by atoms with Gasteiger partial charge < -0.3 is 10.1 Å². The lowest BCUT2D eigenvalue weighted by atomic mass is 9.83. The van der Waals surface area contributed by atoms with E-state index in [4.69, 9.17) is 4.74 Å². The van der Waals surface area contributed by atoms with Crippen LogP contribution in [0.5, 0.6) is 0 Å². The van der Waals surface area contributed by atoms with Gasteiger partial charge in [0.1, 0.15) is 0 Å². The molecule has 3 rings (SSSR count). The minimum atomic E-state index is 0.294. The van der Waals surface area contributed by atoms with Crippen LogP contribution in [0.2, 0.25) is 0 Å². The first-order valence-corrected chi connectivity index (χ1v) is 7.89. The van der Waals surface area contributed by atoms with E-state index in [1.54, 1.807) is 0 Å². The lowest BCUT2D eigenvalue weighted by Crippen LogP contribution is -2.51. The van der Waals surface area contributed by atoms with Crippen molar-refractivity contribution in [3.63, 3.8) is 0 Å². The third-order valence-corrected chi connectivity index (χ3v) is 5.02. The third-order valence-electron chi connectivity index (χ3n) is 5.02. The highest BCUT2D eigenvalue weighted by Gasteiger charge is 2.41. The Morgan fingerprint density at radius 2 is 2.06 bits per heavy atom. The number of rotatable bonds is 2. The average Bonchev–Trinajstić information content (AvgIpc) is 2.73. The van der Waals surface area contributed by atoms with Crippen LogP contribution in [0, 0.1) is 0 Å². The van der Waals surface area contributed by atoms with E-state index in [-0.39, 0.29) is 0 Å². The van der Waals surface area contributed by atoms with Crippen LogP contribution in [0.3, 0.4) is 0 Å². The predicted octanol–water partition coefficient (Wildman–Crippen LogP) is 2.16. The van der Waals surface area contributed by atoms with Gasteiger partial charge in [-0.1, -0.05) is 19.3 Å². The summed E-state index contributed by atoms with van der Waals surface area (Å²) in [5, 5.41) is 3.51. The van der Waals surface area contributed by atoms with Crippen molar-refractivity contribution in [3.8, 4) is 0 Å². The van der Waals surface area contributed by atoms with E-state index < -0.39 is 0 Å². The highest BCUT2D eigenvalue weighted by molar-refractivity contribution is 4.92. The van der Waals surface area contributed by atoms with Crippen LogP contribution in [-0.2, 0) is 4.74 Å². The maximum Gasteiger partial charge on any atom is 0.0710 e. The average molecular weight is 252 g/mol. The smallest absolute Gasteiger partial charge is 0.0710 e. The zero-order valence-corrected chi connectivity index (χ0v) is 11.8. The first-order chi connectivity index (χ1) is 8.76. The first kappa shape index (κ1) is 12.9. The second-order valence-corrected chi connectivity index (χ2v) is 6.64. The van der Waals surface area contributed by atoms with Crippen LogP contribution in [0.15, 0.2) is 0 Å². The number of piperazine rings is 1. The molecule has 3 fully saturated rings. The molecule has 2 heterocycles. The van der Waals surface area contributed by atoms with Crippen LogP contribution in [-0.4, -0.2) is 48.8 Å². The Balaban J connectivity index is 1.49. The molecule has 1 saturated carbocycles. The Labute approximate surface area is 111 Å². The lowest BCUT2D eigenvalue weighted by molar-refractivity contribution is -0.0730. The first-order valence-electron chi connectivity index (χ1n) is 7.89. The van der Waals surface area contributed by atoms with Gasteiger partial charge in [0.15, 0.2) is 0 Å². The Bertz CT molecular complexity index is 276. The van der Waals surface area contributed by atoms with E-state index in [1.165, 1.54) is 58.0 Å². The van der Waals surface area contributed by atoms with Gasteiger partial charge in [-0.25, -0.2) is 0 Å². The van der Waals surface area contributed by atoms with Crippen LogP contribution in [0.25, 0.3) is 0 Å². The largest absolute Gasteiger partial charge is 0.370 e. The number of nitrogens with one attached hydrogen (secondary N) is 1. The molecule has 3 heteroatoms. The summed E-state index contributed by atoms with van der Waals surface area (Å²) in [5.74, 6) is 0. The summed E-state index contributed by atoms with van der Waals surface area (Å²) in [6.45, 7) is 6.96. The van der Waals surface area contributed by atoms with Crippen molar-refractivity contribution in [1.82, 2.24) is 10.2 Å². The SMILES string of the molecule is C[C@H]1CN(CC2CCC3(CCCCC3)O2)CCN1. The maximum absolute atomic E-state index is 6.47. The molecule has 0 radical (unpaired) electrons. The van der Waals surface area contributed by atoms with Crippen molar-refractivity contribution in [2.24, 2.45) is 0 Å². The molecular weight excluding hydrogens is 224 g/mol. The predicted molar refractivity (Wildman–Crippen MR) is 73.8 cm³/mol. The molecule has 0 amide bonds. The molecular formula is C15H28N2O. The molecule has 1 spiro atoms. The van der Waals surface area contributed by atoms with E-state index in [1.807, 2.05) is 0 Å². The van der Waals surface area contributed by atoms with E-state index in [9.17, 15) is 0 Å². The van der Waals surface area contributed by atoms with Crippen LogP contribution in [0.1, 0.15) is 51.9 Å². The molecule has 0 aromatic heterocycles. The molecule has 2 saturated heterocycles. The zero-order valence-electron chi connectivity index (χ0n) is 11.8. The Hall–Kier alpha value is -0.120. The fraction of sp³-hybridized carbons (Fsp3) is 1.00. The molecule has 0 bridgehead atoms. The third kappa shape index (κ3) is 2.89. The monoisotopic (exact) mass is 252 g/mol. The Morgan fingerprint density at radius 3 is 2.83 bits per heavy atom. The fourth-order valence-corrected chi connectivity index (χ4v) is 4.05. The quantitative estimate of drug-likeness (QED) is 0.815. The number of hydrogen-bond acceptors (Lipinski definition) is 3. The summed E-state index contributed by atoms with van der Waals surface area (Å²) in [5.41, 5.74) is 0.294. The summed E-state index contributed by atoms with van der Waals surface area (Å²) >= 11 is 0. The topological polar surface area (TPSA) is 24.5 Å². The molecule has 104 valence electrons. The summed E-state index contributed by atoms with van der Waals surface area (Å²) in [6.07, 6.45) is 9.95. The van der Waals surface area contributed by atoms with Crippen LogP contribution >= 0.6 is 0 Å². The minimum absolute atomic E-state index is 0.294. The maximum atomic E-state index is 6.47. The van der Waals surface area contributed by atoms with Crippen molar-refractivity contribution in [2.45, 2.75) is 69.6 Å². The summed E-state index contributed by atoms with van der Waals surface area (Å²) in [6, 6.07) is 0.642.